The van der Waals surface area contributed by atoms with Gasteiger partial charge in [0, 0.05) is 4.88 Å². The van der Waals surface area contributed by atoms with E-state index in [0.29, 0.717) is 10.7 Å². The van der Waals surface area contributed by atoms with Crippen molar-refractivity contribution in [3.05, 3.63) is 57.4 Å². The lowest BCUT2D eigenvalue weighted by molar-refractivity contribution is -0.123. The van der Waals surface area contributed by atoms with Crippen molar-refractivity contribution in [1.82, 2.24) is 4.90 Å². The van der Waals surface area contributed by atoms with Crippen LogP contribution in [0, 0.1) is 5.82 Å². The zero-order valence-electron chi connectivity index (χ0n) is 11.9. The van der Waals surface area contributed by atoms with E-state index in [4.69, 9.17) is 4.74 Å². The molecule has 1 aromatic carbocycles. The third-order valence-corrected chi connectivity index (χ3v) is 4.81. The van der Waals surface area contributed by atoms with Crippen LogP contribution in [0.4, 0.5) is 9.18 Å². The molecule has 0 saturated carbocycles. The lowest BCUT2D eigenvalue weighted by atomic mass is 10.3. The van der Waals surface area contributed by atoms with Crippen LogP contribution in [0.3, 0.4) is 0 Å². The highest BCUT2D eigenvalue weighted by Gasteiger charge is 2.34. The fourth-order valence-corrected chi connectivity index (χ4v) is 3.57. The van der Waals surface area contributed by atoms with Gasteiger partial charge in [-0.05, 0) is 53.5 Å². The Bertz CT molecular complexity index is 741. The van der Waals surface area contributed by atoms with Crippen molar-refractivity contribution >= 4 is 40.3 Å². The Kier molecular flexibility index (Phi) is 4.78. The molecule has 2 heterocycles. The van der Waals surface area contributed by atoms with E-state index in [-0.39, 0.29) is 30.1 Å². The lowest BCUT2D eigenvalue weighted by Gasteiger charge is -2.13. The van der Waals surface area contributed by atoms with Gasteiger partial charge in [-0.3, -0.25) is 14.5 Å². The molecule has 0 spiro atoms. The molecule has 2 aromatic rings. The molecule has 3 rings (SSSR count). The number of hydrogen-bond donors (Lipinski definition) is 0. The summed E-state index contributed by atoms with van der Waals surface area (Å²) in [5.41, 5.74) is 0. The Balaban J connectivity index is 1.59. The van der Waals surface area contributed by atoms with Crippen LogP contribution in [-0.4, -0.2) is 29.2 Å². The molecule has 0 N–H and O–H groups in total. The van der Waals surface area contributed by atoms with Gasteiger partial charge in [0.2, 0.25) is 0 Å². The van der Waals surface area contributed by atoms with Gasteiger partial charge in [0.1, 0.15) is 18.2 Å². The van der Waals surface area contributed by atoms with Gasteiger partial charge in [-0.1, -0.05) is 6.07 Å². The summed E-state index contributed by atoms with van der Waals surface area (Å²) in [6, 6.07) is 9.35. The largest absolute Gasteiger partial charge is 0.492 e. The summed E-state index contributed by atoms with van der Waals surface area (Å²) in [6.45, 7) is 0.319. The summed E-state index contributed by atoms with van der Waals surface area (Å²) in [7, 11) is 0. The number of ether oxygens (including phenoxy) is 1. The third kappa shape index (κ3) is 3.80. The zero-order valence-corrected chi connectivity index (χ0v) is 13.5. The van der Waals surface area contributed by atoms with Crippen LogP contribution >= 0.6 is 23.1 Å². The number of hydrogen-bond acceptors (Lipinski definition) is 5. The quantitative estimate of drug-likeness (QED) is 0.766. The smallest absolute Gasteiger partial charge is 0.293 e. The van der Waals surface area contributed by atoms with Gasteiger partial charge >= 0.3 is 0 Å². The third-order valence-electron chi connectivity index (χ3n) is 3.09. The Morgan fingerprint density at radius 3 is 2.65 bits per heavy atom. The van der Waals surface area contributed by atoms with Crippen LogP contribution in [-0.2, 0) is 4.79 Å². The molecule has 0 bridgehead atoms. The number of carbonyl (C=O) groups is 2. The van der Waals surface area contributed by atoms with Crippen LogP contribution in [0.1, 0.15) is 4.88 Å². The summed E-state index contributed by atoms with van der Waals surface area (Å²) < 4.78 is 18.2. The van der Waals surface area contributed by atoms with E-state index < -0.39 is 0 Å². The number of benzene rings is 1. The molecule has 0 radical (unpaired) electrons. The molecule has 1 fully saturated rings. The number of rotatable bonds is 5. The maximum atomic E-state index is 12.8. The Hall–Kier alpha value is -2.12. The van der Waals surface area contributed by atoms with Crippen molar-refractivity contribution < 1.29 is 18.7 Å². The van der Waals surface area contributed by atoms with Gasteiger partial charge in [0.25, 0.3) is 11.1 Å². The average Bonchev–Trinajstić information content (AvgIpc) is 3.13. The monoisotopic (exact) mass is 349 g/mol. The molecular formula is C16H12FNO3S2. The minimum absolute atomic E-state index is 0.157. The highest BCUT2D eigenvalue weighted by atomic mass is 32.2. The standard InChI is InChI=1S/C16H12FNO3S2/c17-11-3-5-12(6-4-11)21-8-7-18-15(19)14(23-16(18)20)10-13-2-1-9-22-13/h1-6,9-10H,7-8H2/b14-10-. The lowest BCUT2D eigenvalue weighted by Crippen LogP contribution is -2.32. The first-order chi connectivity index (χ1) is 11.1. The van der Waals surface area contributed by atoms with E-state index in [1.165, 1.54) is 35.6 Å². The average molecular weight is 349 g/mol. The SMILES string of the molecule is O=C1S/C(=C\c2cccs2)C(=O)N1CCOc1ccc(F)cc1. The second kappa shape index (κ2) is 6.97. The fraction of sp³-hybridized carbons (Fsp3) is 0.125. The molecule has 1 aliphatic rings. The number of halogens is 1. The summed E-state index contributed by atoms with van der Waals surface area (Å²) in [5.74, 6) is -0.161. The summed E-state index contributed by atoms with van der Waals surface area (Å²) in [5, 5.41) is 1.60. The van der Waals surface area contributed by atoms with Crippen molar-refractivity contribution in [3.63, 3.8) is 0 Å². The maximum absolute atomic E-state index is 12.8. The molecule has 2 amide bonds. The molecule has 0 unspecified atom stereocenters. The Morgan fingerprint density at radius 2 is 1.96 bits per heavy atom. The summed E-state index contributed by atoms with van der Waals surface area (Å²) in [6.07, 6.45) is 1.72. The van der Waals surface area contributed by atoms with Gasteiger partial charge < -0.3 is 4.74 Å². The zero-order chi connectivity index (χ0) is 16.2. The first-order valence-electron chi connectivity index (χ1n) is 6.81. The molecule has 118 valence electrons. The van der Waals surface area contributed by atoms with Crippen LogP contribution in [0.15, 0.2) is 46.7 Å². The van der Waals surface area contributed by atoms with Crippen LogP contribution in [0.5, 0.6) is 5.75 Å². The maximum Gasteiger partial charge on any atom is 0.293 e. The first-order valence-corrected chi connectivity index (χ1v) is 8.50. The van der Waals surface area contributed by atoms with E-state index in [9.17, 15) is 14.0 Å². The first kappa shape index (κ1) is 15.8. The van der Waals surface area contributed by atoms with Crippen LogP contribution in [0.2, 0.25) is 0 Å². The van der Waals surface area contributed by atoms with Crippen LogP contribution < -0.4 is 4.74 Å². The highest BCUT2D eigenvalue weighted by molar-refractivity contribution is 8.18. The van der Waals surface area contributed by atoms with E-state index in [0.717, 1.165) is 21.5 Å². The van der Waals surface area contributed by atoms with Crippen molar-refractivity contribution in [3.8, 4) is 5.75 Å². The predicted octanol–water partition coefficient (Wildman–Crippen LogP) is 4.00. The number of imide groups is 1. The van der Waals surface area contributed by atoms with Gasteiger partial charge in [0.15, 0.2) is 0 Å². The summed E-state index contributed by atoms with van der Waals surface area (Å²) in [4.78, 5) is 26.7. The number of thioether (sulfide) groups is 1. The minimum atomic E-state index is -0.345. The Morgan fingerprint density at radius 1 is 1.17 bits per heavy atom. The molecular weight excluding hydrogens is 337 g/mol. The van der Waals surface area contributed by atoms with E-state index in [1.54, 1.807) is 6.08 Å². The molecule has 23 heavy (non-hydrogen) atoms. The summed E-state index contributed by atoms with van der Waals surface area (Å²) >= 11 is 2.43. The molecule has 4 nitrogen and oxygen atoms in total. The van der Waals surface area contributed by atoms with Crippen molar-refractivity contribution in [2.45, 2.75) is 0 Å². The van der Waals surface area contributed by atoms with Gasteiger partial charge in [-0.2, -0.15) is 0 Å². The number of thiophene rings is 1. The number of amides is 2. The van der Waals surface area contributed by atoms with Crippen molar-refractivity contribution in [2.75, 3.05) is 13.2 Å². The Labute approximate surface area is 140 Å². The minimum Gasteiger partial charge on any atom is -0.492 e. The molecule has 7 heteroatoms. The molecule has 1 aromatic heterocycles. The van der Waals surface area contributed by atoms with E-state index >= 15 is 0 Å². The van der Waals surface area contributed by atoms with Crippen molar-refractivity contribution in [2.24, 2.45) is 0 Å². The van der Waals surface area contributed by atoms with E-state index in [1.807, 2.05) is 17.5 Å². The topological polar surface area (TPSA) is 46.6 Å². The number of nitrogens with zero attached hydrogens (tertiary/aromatic N) is 1. The van der Waals surface area contributed by atoms with Gasteiger partial charge in [-0.15, -0.1) is 11.3 Å². The highest BCUT2D eigenvalue weighted by Crippen LogP contribution is 2.32. The second-order valence-electron chi connectivity index (χ2n) is 4.65. The molecule has 1 saturated heterocycles. The van der Waals surface area contributed by atoms with E-state index in [2.05, 4.69) is 0 Å². The van der Waals surface area contributed by atoms with Crippen molar-refractivity contribution in [1.29, 1.82) is 0 Å². The molecule has 1 aliphatic heterocycles. The van der Waals surface area contributed by atoms with Gasteiger partial charge in [-0.25, -0.2) is 4.39 Å². The van der Waals surface area contributed by atoms with Gasteiger partial charge in [0.05, 0.1) is 11.4 Å². The number of carbonyl (C=O) groups excluding carboxylic acids is 2. The normalized spacial score (nSPS) is 16.4. The predicted molar refractivity (Wildman–Crippen MR) is 88.9 cm³/mol. The second-order valence-corrected chi connectivity index (χ2v) is 6.62. The molecule has 0 atom stereocenters. The van der Waals surface area contributed by atoms with Crippen LogP contribution in [0.25, 0.3) is 6.08 Å². The molecule has 0 aliphatic carbocycles. The fourth-order valence-electron chi connectivity index (χ4n) is 1.98.